The fourth-order valence-corrected chi connectivity index (χ4v) is 3.46. The highest BCUT2D eigenvalue weighted by Gasteiger charge is 2.46. The van der Waals surface area contributed by atoms with Crippen LogP contribution in [0.15, 0.2) is 53.4 Å². The van der Waals surface area contributed by atoms with Gasteiger partial charge in [-0.25, -0.2) is 0 Å². The average molecular weight is 324 g/mol. The summed E-state index contributed by atoms with van der Waals surface area (Å²) in [4.78, 5) is 26.6. The fraction of sp³-hybridized carbons (Fsp3) is 0.118. The number of likely N-dealkylation sites (tertiary alicyclic amines) is 1. The number of thiophene rings is 1. The fourth-order valence-electron chi connectivity index (χ4n) is 2.61. The van der Waals surface area contributed by atoms with Crippen molar-refractivity contribution in [3.05, 3.63) is 63.9 Å². The van der Waals surface area contributed by atoms with E-state index < -0.39 is 17.7 Å². The molecule has 114 valence electrons. The summed E-state index contributed by atoms with van der Waals surface area (Å²) in [7, 11) is 0. The van der Waals surface area contributed by atoms with Gasteiger partial charge in [-0.2, -0.15) is 5.26 Å². The summed E-state index contributed by atoms with van der Waals surface area (Å²) in [5, 5.41) is 21.3. The summed E-state index contributed by atoms with van der Waals surface area (Å²) in [6.45, 7) is -0.210. The van der Waals surface area contributed by atoms with Gasteiger partial charge >= 0.3 is 0 Å². The first kappa shape index (κ1) is 15.0. The number of rotatable bonds is 3. The van der Waals surface area contributed by atoms with Gasteiger partial charge in [0, 0.05) is 10.4 Å². The molecule has 5 nitrogen and oxygen atoms in total. The zero-order valence-electron chi connectivity index (χ0n) is 12.0. The highest BCUT2D eigenvalue weighted by atomic mass is 32.1. The monoisotopic (exact) mass is 324 g/mol. The van der Waals surface area contributed by atoms with E-state index in [1.54, 1.807) is 42.5 Å². The Hall–Kier alpha value is -2.91. The number of nitriles is 1. The van der Waals surface area contributed by atoms with Gasteiger partial charge in [0.05, 0.1) is 11.6 Å². The van der Waals surface area contributed by atoms with Crippen LogP contribution in [-0.2, 0) is 9.59 Å². The van der Waals surface area contributed by atoms with Crippen LogP contribution < -0.4 is 0 Å². The molecule has 1 aliphatic heterocycles. The molecule has 0 unspecified atom stereocenters. The first-order valence-corrected chi connectivity index (χ1v) is 7.77. The number of carbonyl (C=O) groups is 2. The summed E-state index contributed by atoms with van der Waals surface area (Å²) >= 11 is 1.37. The van der Waals surface area contributed by atoms with Gasteiger partial charge in [-0.1, -0.05) is 36.4 Å². The Kier molecular flexibility index (Phi) is 3.96. The summed E-state index contributed by atoms with van der Waals surface area (Å²) in [6.07, 6.45) is 0. The Labute approximate surface area is 136 Å². The highest BCUT2D eigenvalue weighted by molar-refractivity contribution is 7.10. The molecule has 1 fully saturated rings. The molecule has 0 radical (unpaired) electrons. The molecular formula is C17H12N2O3S. The second-order valence-corrected chi connectivity index (χ2v) is 5.95. The van der Waals surface area contributed by atoms with Crippen molar-refractivity contribution in [1.82, 2.24) is 4.90 Å². The van der Waals surface area contributed by atoms with Gasteiger partial charge in [0.25, 0.3) is 11.7 Å². The molecule has 1 N–H and O–H groups in total. The number of Topliss-reactive ketones (excluding diaryl/α,β-unsaturated/α-hetero) is 1. The lowest BCUT2D eigenvalue weighted by Crippen LogP contribution is -2.29. The van der Waals surface area contributed by atoms with Gasteiger partial charge in [-0.15, -0.1) is 11.3 Å². The predicted molar refractivity (Wildman–Crippen MR) is 85.4 cm³/mol. The lowest BCUT2D eigenvalue weighted by atomic mass is 10.00. The Bertz CT molecular complexity index is 819. The molecule has 0 bridgehead atoms. The number of benzene rings is 1. The van der Waals surface area contributed by atoms with Crippen molar-refractivity contribution in [3.63, 3.8) is 0 Å². The SMILES string of the molecule is N#CCN1C(=O)C(=O)C(=C(O)c2ccccc2)[C@@H]1c1cccs1. The van der Waals surface area contributed by atoms with E-state index in [0.717, 1.165) is 4.88 Å². The normalized spacial score (nSPS) is 19.8. The van der Waals surface area contributed by atoms with Gasteiger partial charge in [0.15, 0.2) is 0 Å². The van der Waals surface area contributed by atoms with Gasteiger partial charge in [0.1, 0.15) is 18.3 Å². The quantitative estimate of drug-likeness (QED) is 0.407. The van der Waals surface area contributed by atoms with Crippen LogP contribution in [0.25, 0.3) is 5.76 Å². The second-order valence-electron chi connectivity index (χ2n) is 4.97. The van der Waals surface area contributed by atoms with Crippen LogP contribution in [0.4, 0.5) is 0 Å². The Morgan fingerprint density at radius 1 is 1.22 bits per heavy atom. The Morgan fingerprint density at radius 3 is 2.57 bits per heavy atom. The van der Waals surface area contributed by atoms with Crippen molar-refractivity contribution in [2.75, 3.05) is 6.54 Å². The average Bonchev–Trinajstić information content (AvgIpc) is 3.18. The van der Waals surface area contributed by atoms with E-state index in [1.165, 1.54) is 16.2 Å². The van der Waals surface area contributed by atoms with E-state index in [0.29, 0.717) is 5.56 Å². The highest BCUT2D eigenvalue weighted by Crippen LogP contribution is 2.40. The molecule has 0 spiro atoms. The van der Waals surface area contributed by atoms with Crippen molar-refractivity contribution in [1.29, 1.82) is 5.26 Å². The topological polar surface area (TPSA) is 81.4 Å². The number of ketones is 1. The zero-order valence-corrected chi connectivity index (χ0v) is 12.8. The number of nitrogens with zero attached hydrogens (tertiary/aromatic N) is 2. The van der Waals surface area contributed by atoms with Crippen LogP contribution in [0, 0.1) is 11.3 Å². The number of aliphatic hydroxyl groups excluding tert-OH is 1. The minimum atomic E-state index is -0.764. The Balaban J connectivity index is 2.19. The van der Waals surface area contributed by atoms with Crippen LogP contribution >= 0.6 is 11.3 Å². The number of hydrogen-bond acceptors (Lipinski definition) is 5. The number of amides is 1. The summed E-state index contributed by atoms with van der Waals surface area (Å²) in [6, 6.07) is 13.4. The van der Waals surface area contributed by atoms with Gasteiger partial charge in [-0.3, -0.25) is 9.59 Å². The molecule has 1 aromatic carbocycles. The predicted octanol–water partition coefficient (Wildman–Crippen LogP) is 2.69. The molecule has 2 heterocycles. The van der Waals surface area contributed by atoms with E-state index in [9.17, 15) is 14.7 Å². The van der Waals surface area contributed by atoms with Crippen LogP contribution in [0.2, 0.25) is 0 Å². The minimum absolute atomic E-state index is 0.0268. The molecule has 1 aromatic heterocycles. The first-order chi connectivity index (χ1) is 11.1. The van der Waals surface area contributed by atoms with Gasteiger partial charge < -0.3 is 10.0 Å². The number of hydrogen-bond donors (Lipinski definition) is 1. The molecule has 2 aromatic rings. The molecular weight excluding hydrogens is 312 g/mol. The van der Waals surface area contributed by atoms with E-state index in [-0.39, 0.29) is 17.9 Å². The maximum atomic E-state index is 12.4. The van der Waals surface area contributed by atoms with E-state index in [2.05, 4.69) is 0 Å². The number of carbonyl (C=O) groups excluding carboxylic acids is 2. The lowest BCUT2D eigenvalue weighted by Gasteiger charge is -2.21. The van der Waals surface area contributed by atoms with Crippen molar-refractivity contribution in [3.8, 4) is 6.07 Å². The van der Waals surface area contributed by atoms with Gasteiger partial charge in [0.2, 0.25) is 0 Å². The molecule has 1 aliphatic rings. The Morgan fingerprint density at radius 2 is 1.96 bits per heavy atom. The van der Waals surface area contributed by atoms with E-state index in [4.69, 9.17) is 5.26 Å². The summed E-state index contributed by atoms with van der Waals surface area (Å²) in [5.41, 5.74) is 0.489. The van der Waals surface area contributed by atoms with Crippen molar-refractivity contribution in [2.24, 2.45) is 0 Å². The van der Waals surface area contributed by atoms with Crippen LogP contribution in [-0.4, -0.2) is 28.2 Å². The minimum Gasteiger partial charge on any atom is -0.507 e. The lowest BCUT2D eigenvalue weighted by molar-refractivity contribution is -0.139. The van der Waals surface area contributed by atoms with Crippen molar-refractivity contribution >= 4 is 28.8 Å². The zero-order chi connectivity index (χ0) is 16.4. The van der Waals surface area contributed by atoms with E-state index in [1.807, 2.05) is 11.4 Å². The first-order valence-electron chi connectivity index (χ1n) is 6.89. The molecule has 6 heteroatoms. The van der Waals surface area contributed by atoms with Crippen LogP contribution in [0.3, 0.4) is 0 Å². The summed E-state index contributed by atoms with van der Waals surface area (Å²) < 4.78 is 0. The molecule has 0 saturated carbocycles. The third kappa shape index (κ3) is 2.51. The van der Waals surface area contributed by atoms with Gasteiger partial charge in [-0.05, 0) is 11.4 Å². The van der Waals surface area contributed by atoms with E-state index >= 15 is 0 Å². The van der Waals surface area contributed by atoms with Crippen LogP contribution in [0.5, 0.6) is 0 Å². The third-order valence-electron chi connectivity index (χ3n) is 3.64. The van der Waals surface area contributed by atoms with Crippen molar-refractivity contribution < 1.29 is 14.7 Å². The largest absolute Gasteiger partial charge is 0.507 e. The molecule has 23 heavy (non-hydrogen) atoms. The third-order valence-corrected chi connectivity index (χ3v) is 4.57. The van der Waals surface area contributed by atoms with Crippen LogP contribution in [0.1, 0.15) is 16.5 Å². The number of aliphatic hydroxyl groups is 1. The molecule has 1 amide bonds. The molecule has 1 atom stereocenters. The standard InChI is InChI=1S/C17H12N2O3S/c18-8-9-19-14(12-7-4-10-23-12)13(16(21)17(19)22)15(20)11-5-2-1-3-6-11/h1-7,10,14,20H,9H2/t14-/m0/s1. The molecule has 1 saturated heterocycles. The second kappa shape index (κ2) is 6.07. The maximum Gasteiger partial charge on any atom is 0.296 e. The smallest absolute Gasteiger partial charge is 0.296 e. The van der Waals surface area contributed by atoms with Crippen molar-refractivity contribution in [2.45, 2.75) is 6.04 Å². The summed E-state index contributed by atoms with van der Waals surface area (Å²) in [5.74, 6) is -1.75. The maximum absolute atomic E-state index is 12.4. The molecule has 0 aliphatic carbocycles. The molecule has 3 rings (SSSR count).